The highest BCUT2D eigenvalue weighted by atomic mass is 79.9. The number of nitrogens with one attached hydrogen (secondary N) is 1. The molecule has 0 saturated carbocycles. The highest BCUT2D eigenvalue weighted by Crippen LogP contribution is 2.29. The summed E-state index contributed by atoms with van der Waals surface area (Å²) in [6.45, 7) is 2.38. The van der Waals surface area contributed by atoms with E-state index in [0.29, 0.717) is 23.5 Å². The van der Waals surface area contributed by atoms with Crippen LogP contribution in [0.1, 0.15) is 22.8 Å². The van der Waals surface area contributed by atoms with Crippen LogP contribution in [0, 0.1) is 0 Å². The first kappa shape index (κ1) is 20.2. The number of hydrogen-bond acceptors (Lipinski definition) is 3. The van der Waals surface area contributed by atoms with Crippen LogP contribution >= 0.6 is 15.9 Å². The van der Waals surface area contributed by atoms with Gasteiger partial charge in [0.15, 0.2) is 6.10 Å². The Morgan fingerprint density at radius 1 is 1.00 bits per heavy atom. The maximum atomic E-state index is 12.9. The summed E-state index contributed by atoms with van der Waals surface area (Å²) in [6.07, 6.45) is 0.209. The molecule has 0 saturated heterocycles. The second-order valence-corrected chi connectivity index (χ2v) is 8.03. The molecule has 1 unspecified atom stereocenters. The van der Waals surface area contributed by atoms with E-state index in [4.69, 9.17) is 4.74 Å². The third kappa shape index (κ3) is 4.39. The van der Waals surface area contributed by atoms with Crippen LogP contribution in [0.15, 0.2) is 77.3 Å². The first-order valence-corrected chi connectivity index (χ1v) is 10.5. The van der Waals surface area contributed by atoms with E-state index >= 15 is 0 Å². The number of ether oxygens (including phenoxy) is 1. The summed E-state index contributed by atoms with van der Waals surface area (Å²) in [5, 5.41) is 2.83. The number of carbonyl (C=O) groups excluding carboxylic acids is 2. The van der Waals surface area contributed by atoms with Crippen LogP contribution in [0.3, 0.4) is 0 Å². The molecule has 0 aliphatic carbocycles. The van der Waals surface area contributed by atoms with Gasteiger partial charge in [-0.1, -0.05) is 34.1 Å². The molecule has 3 aromatic rings. The standard InChI is InChI=1S/C24H21BrN2O3/c1-16(30-21-12-8-19(25)9-13-21)23(28)26-20-10-6-18(7-11-20)24(29)27-15-14-17-4-2-3-5-22(17)27/h2-13,16H,14-15H2,1H3,(H,26,28). The molecule has 0 radical (unpaired) electrons. The SMILES string of the molecule is CC(Oc1ccc(Br)cc1)C(=O)Nc1ccc(C(=O)N2CCc3ccccc32)cc1. The van der Waals surface area contributed by atoms with Gasteiger partial charge in [-0.05, 0) is 73.5 Å². The normalized spacial score (nSPS) is 13.5. The minimum Gasteiger partial charge on any atom is -0.481 e. The summed E-state index contributed by atoms with van der Waals surface area (Å²) in [4.78, 5) is 27.1. The molecule has 1 atom stereocenters. The molecule has 5 nitrogen and oxygen atoms in total. The Labute approximate surface area is 183 Å². The van der Waals surface area contributed by atoms with Crippen LogP contribution in [0.2, 0.25) is 0 Å². The van der Waals surface area contributed by atoms with Gasteiger partial charge in [0.2, 0.25) is 0 Å². The monoisotopic (exact) mass is 464 g/mol. The van der Waals surface area contributed by atoms with E-state index < -0.39 is 6.10 Å². The van der Waals surface area contributed by atoms with Gasteiger partial charge in [0.1, 0.15) is 5.75 Å². The summed E-state index contributed by atoms with van der Waals surface area (Å²) >= 11 is 3.37. The summed E-state index contributed by atoms with van der Waals surface area (Å²) in [6, 6.07) is 22.2. The van der Waals surface area contributed by atoms with Gasteiger partial charge < -0.3 is 15.0 Å². The average Bonchev–Trinajstić information content (AvgIpc) is 3.19. The van der Waals surface area contributed by atoms with Gasteiger partial charge in [-0.2, -0.15) is 0 Å². The Hall–Kier alpha value is -3.12. The topological polar surface area (TPSA) is 58.6 Å². The van der Waals surface area contributed by atoms with Crippen LogP contribution in [-0.4, -0.2) is 24.5 Å². The Bertz CT molecular complexity index is 1060. The van der Waals surface area contributed by atoms with E-state index in [2.05, 4.69) is 27.3 Å². The van der Waals surface area contributed by atoms with E-state index in [0.717, 1.165) is 16.6 Å². The molecule has 3 aromatic carbocycles. The fraction of sp³-hybridized carbons (Fsp3) is 0.167. The van der Waals surface area contributed by atoms with Crippen LogP contribution in [0.25, 0.3) is 0 Å². The fourth-order valence-electron chi connectivity index (χ4n) is 3.42. The number of nitrogens with zero attached hydrogens (tertiary/aromatic N) is 1. The van der Waals surface area contributed by atoms with Crippen LogP contribution < -0.4 is 15.0 Å². The lowest BCUT2D eigenvalue weighted by Gasteiger charge is -2.18. The van der Waals surface area contributed by atoms with Crippen molar-refractivity contribution in [1.29, 1.82) is 0 Å². The molecular formula is C24H21BrN2O3. The number of anilines is 2. The van der Waals surface area contributed by atoms with Gasteiger partial charge in [-0.3, -0.25) is 9.59 Å². The minimum absolute atomic E-state index is 0.0373. The smallest absolute Gasteiger partial charge is 0.265 e. The lowest BCUT2D eigenvalue weighted by atomic mass is 10.1. The molecule has 0 bridgehead atoms. The van der Waals surface area contributed by atoms with Crippen molar-refractivity contribution in [3.05, 3.63) is 88.4 Å². The molecule has 1 N–H and O–H groups in total. The van der Waals surface area contributed by atoms with E-state index in [9.17, 15) is 9.59 Å². The maximum Gasteiger partial charge on any atom is 0.265 e. The number of rotatable bonds is 5. The van der Waals surface area contributed by atoms with Crippen molar-refractivity contribution in [3.8, 4) is 5.75 Å². The summed E-state index contributed by atoms with van der Waals surface area (Å²) < 4.78 is 6.62. The molecule has 0 spiro atoms. The predicted octanol–water partition coefficient (Wildman–Crippen LogP) is 5.06. The molecule has 6 heteroatoms. The number of para-hydroxylation sites is 1. The zero-order chi connectivity index (χ0) is 21.1. The first-order chi connectivity index (χ1) is 14.5. The maximum absolute atomic E-state index is 12.9. The number of halogens is 1. The molecule has 30 heavy (non-hydrogen) atoms. The molecule has 4 rings (SSSR count). The van der Waals surface area contributed by atoms with Crippen molar-refractivity contribution in [2.24, 2.45) is 0 Å². The number of hydrogen-bond donors (Lipinski definition) is 1. The zero-order valence-corrected chi connectivity index (χ0v) is 18.1. The summed E-state index contributed by atoms with van der Waals surface area (Å²) in [7, 11) is 0. The Morgan fingerprint density at radius 3 is 2.43 bits per heavy atom. The number of benzene rings is 3. The van der Waals surface area contributed by atoms with Crippen LogP contribution in [0.5, 0.6) is 5.75 Å². The van der Waals surface area contributed by atoms with E-state index in [1.807, 2.05) is 30.3 Å². The molecule has 2 amide bonds. The fourth-order valence-corrected chi connectivity index (χ4v) is 3.68. The molecule has 1 aliphatic heterocycles. The first-order valence-electron chi connectivity index (χ1n) is 9.74. The van der Waals surface area contributed by atoms with E-state index in [-0.39, 0.29) is 11.8 Å². The van der Waals surface area contributed by atoms with E-state index in [1.165, 1.54) is 5.56 Å². The number of carbonyl (C=O) groups is 2. The van der Waals surface area contributed by atoms with Gasteiger partial charge >= 0.3 is 0 Å². The van der Waals surface area contributed by atoms with Gasteiger partial charge in [0.25, 0.3) is 11.8 Å². The van der Waals surface area contributed by atoms with E-state index in [1.54, 1.807) is 48.2 Å². The van der Waals surface area contributed by atoms with Crippen molar-refractivity contribution in [2.45, 2.75) is 19.4 Å². The molecule has 1 aliphatic rings. The Balaban J connectivity index is 1.38. The lowest BCUT2D eigenvalue weighted by Crippen LogP contribution is -2.30. The van der Waals surface area contributed by atoms with Crippen molar-refractivity contribution >= 4 is 39.1 Å². The second kappa shape index (κ2) is 8.71. The highest BCUT2D eigenvalue weighted by Gasteiger charge is 2.25. The molecule has 0 aromatic heterocycles. The lowest BCUT2D eigenvalue weighted by molar-refractivity contribution is -0.122. The predicted molar refractivity (Wildman–Crippen MR) is 121 cm³/mol. The Kier molecular flexibility index (Phi) is 5.86. The highest BCUT2D eigenvalue weighted by molar-refractivity contribution is 9.10. The van der Waals surface area contributed by atoms with Crippen molar-refractivity contribution in [1.82, 2.24) is 0 Å². The van der Waals surface area contributed by atoms with Crippen LogP contribution in [-0.2, 0) is 11.2 Å². The Morgan fingerprint density at radius 2 is 1.70 bits per heavy atom. The third-order valence-corrected chi connectivity index (χ3v) is 5.56. The number of amides is 2. The van der Waals surface area contributed by atoms with Gasteiger partial charge in [-0.15, -0.1) is 0 Å². The van der Waals surface area contributed by atoms with Crippen molar-refractivity contribution in [2.75, 3.05) is 16.8 Å². The van der Waals surface area contributed by atoms with Gasteiger partial charge in [-0.25, -0.2) is 0 Å². The molecule has 0 fully saturated rings. The third-order valence-electron chi connectivity index (χ3n) is 5.03. The summed E-state index contributed by atoms with van der Waals surface area (Å²) in [5.74, 6) is 0.322. The quantitative estimate of drug-likeness (QED) is 0.573. The number of fused-ring (bicyclic) bond motifs is 1. The van der Waals surface area contributed by atoms with Gasteiger partial charge in [0, 0.05) is 28.0 Å². The van der Waals surface area contributed by atoms with Gasteiger partial charge in [0.05, 0.1) is 0 Å². The van der Waals surface area contributed by atoms with Crippen molar-refractivity contribution in [3.63, 3.8) is 0 Å². The molecule has 1 heterocycles. The second-order valence-electron chi connectivity index (χ2n) is 7.12. The minimum atomic E-state index is -0.659. The van der Waals surface area contributed by atoms with Crippen molar-refractivity contribution < 1.29 is 14.3 Å². The molecular weight excluding hydrogens is 444 g/mol. The zero-order valence-electron chi connectivity index (χ0n) is 16.5. The van der Waals surface area contributed by atoms with Crippen LogP contribution in [0.4, 0.5) is 11.4 Å². The average molecular weight is 465 g/mol. The largest absolute Gasteiger partial charge is 0.481 e. The summed E-state index contributed by atoms with van der Waals surface area (Å²) in [5.41, 5.74) is 3.36. The molecule has 152 valence electrons.